The van der Waals surface area contributed by atoms with Crippen molar-refractivity contribution in [3.63, 3.8) is 0 Å². The van der Waals surface area contributed by atoms with E-state index < -0.39 is 0 Å². The molecule has 2 N–H and O–H groups in total. The third kappa shape index (κ3) is 4.00. The van der Waals surface area contributed by atoms with Gasteiger partial charge in [0.05, 0.1) is 19.8 Å². The van der Waals surface area contributed by atoms with Gasteiger partial charge in [-0.3, -0.25) is 9.59 Å². The van der Waals surface area contributed by atoms with Gasteiger partial charge in [0.25, 0.3) is 5.91 Å². The summed E-state index contributed by atoms with van der Waals surface area (Å²) >= 11 is 0. The molecule has 0 radical (unpaired) electrons. The maximum atomic E-state index is 12.5. The number of hydrogen-bond acceptors (Lipinski definition) is 4. The summed E-state index contributed by atoms with van der Waals surface area (Å²) < 4.78 is 10.4. The van der Waals surface area contributed by atoms with Gasteiger partial charge < -0.3 is 20.1 Å². The van der Waals surface area contributed by atoms with E-state index in [2.05, 4.69) is 10.6 Å². The molecule has 0 atom stereocenters. The summed E-state index contributed by atoms with van der Waals surface area (Å²) in [6.45, 7) is 1.42. The van der Waals surface area contributed by atoms with E-state index in [0.29, 0.717) is 28.4 Å². The molecule has 0 unspecified atom stereocenters. The maximum absolute atomic E-state index is 12.5. The number of carbonyl (C=O) groups excluding carboxylic acids is 2. The van der Waals surface area contributed by atoms with Crippen molar-refractivity contribution >= 4 is 23.2 Å². The molecule has 0 spiro atoms. The van der Waals surface area contributed by atoms with Crippen LogP contribution in [0.5, 0.6) is 11.5 Å². The van der Waals surface area contributed by atoms with E-state index in [9.17, 15) is 9.59 Å². The zero-order valence-corrected chi connectivity index (χ0v) is 13.2. The van der Waals surface area contributed by atoms with Gasteiger partial charge in [-0.1, -0.05) is 12.1 Å². The van der Waals surface area contributed by atoms with Crippen LogP contribution in [-0.4, -0.2) is 26.0 Å². The van der Waals surface area contributed by atoms with Crippen LogP contribution in [0.25, 0.3) is 0 Å². The summed E-state index contributed by atoms with van der Waals surface area (Å²) in [6, 6.07) is 12.0. The molecule has 0 aromatic heterocycles. The van der Waals surface area contributed by atoms with E-state index in [-0.39, 0.29) is 11.8 Å². The molecule has 0 saturated heterocycles. The molecular weight excluding hydrogens is 296 g/mol. The fourth-order valence-corrected chi connectivity index (χ4v) is 2.14. The molecule has 0 saturated carbocycles. The highest BCUT2D eigenvalue weighted by atomic mass is 16.5. The summed E-state index contributed by atoms with van der Waals surface area (Å²) in [6.07, 6.45) is 0. The fourth-order valence-electron chi connectivity index (χ4n) is 2.14. The third-order valence-electron chi connectivity index (χ3n) is 3.09. The number of anilines is 2. The average Bonchev–Trinajstić information content (AvgIpc) is 2.53. The molecule has 6 nitrogen and oxygen atoms in total. The smallest absolute Gasteiger partial charge is 0.259 e. The van der Waals surface area contributed by atoms with E-state index >= 15 is 0 Å². The van der Waals surface area contributed by atoms with Gasteiger partial charge in [0.1, 0.15) is 0 Å². The first kappa shape index (κ1) is 16.4. The number of carbonyl (C=O) groups is 2. The summed E-state index contributed by atoms with van der Waals surface area (Å²) in [5.74, 6) is 0.335. The molecule has 23 heavy (non-hydrogen) atoms. The zero-order valence-electron chi connectivity index (χ0n) is 13.2. The van der Waals surface area contributed by atoms with Gasteiger partial charge in [-0.15, -0.1) is 0 Å². The van der Waals surface area contributed by atoms with E-state index in [1.54, 1.807) is 42.5 Å². The largest absolute Gasteiger partial charge is 0.493 e. The Kier molecular flexibility index (Phi) is 5.19. The van der Waals surface area contributed by atoms with Gasteiger partial charge in [0.15, 0.2) is 11.5 Å². The summed E-state index contributed by atoms with van der Waals surface area (Å²) in [5.41, 5.74) is 1.52. The number of hydrogen-bond donors (Lipinski definition) is 2. The molecule has 0 fully saturated rings. The first-order valence-corrected chi connectivity index (χ1v) is 6.95. The van der Waals surface area contributed by atoms with Crippen molar-refractivity contribution in [1.29, 1.82) is 0 Å². The predicted octanol–water partition coefficient (Wildman–Crippen LogP) is 2.91. The molecule has 0 heterocycles. The second kappa shape index (κ2) is 7.31. The summed E-state index contributed by atoms with van der Waals surface area (Å²) in [4.78, 5) is 23.6. The molecule has 120 valence electrons. The van der Waals surface area contributed by atoms with Crippen molar-refractivity contribution in [2.45, 2.75) is 6.92 Å². The monoisotopic (exact) mass is 314 g/mol. The lowest BCUT2D eigenvalue weighted by molar-refractivity contribution is -0.114. The summed E-state index contributed by atoms with van der Waals surface area (Å²) in [5, 5.41) is 5.44. The third-order valence-corrected chi connectivity index (χ3v) is 3.09. The minimum Gasteiger partial charge on any atom is -0.493 e. The second-order valence-electron chi connectivity index (χ2n) is 4.76. The van der Waals surface area contributed by atoms with Crippen molar-refractivity contribution in [2.75, 3.05) is 24.9 Å². The van der Waals surface area contributed by atoms with Crippen molar-refractivity contribution < 1.29 is 19.1 Å². The lowest BCUT2D eigenvalue weighted by Gasteiger charge is -2.13. The van der Waals surface area contributed by atoms with Crippen LogP contribution in [0.3, 0.4) is 0 Å². The molecule has 0 aliphatic carbocycles. The van der Waals surface area contributed by atoms with Crippen molar-refractivity contribution in [3.05, 3.63) is 48.0 Å². The van der Waals surface area contributed by atoms with E-state index in [0.717, 1.165) is 0 Å². The van der Waals surface area contributed by atoms with E-state index in [4.69, 9.17) is 9.47 Å². The molecule has 6 heteroatoms. The fraction of sp³-hybridized carbons (Fsp3) is 0.176. The van der Waals surface area contributed by atoms with E-state index in [1.165, 1.54) is 21.1 Å². The van der Waals surface area contributed by atoms with Gasteiger partial charge in [-0.05, 0) is 30.3 Å². The maximum Gasteiger partial charge on any atom is 0.259 e. The SMILES string of the molecule is COc1cccc(C(=O)Nc2cccc(NC(C)=O)c2)c1OC. The van der Waals surface area contributed by atoms with Crippen LogP contribution in [0.4, 0.5) is 11.4 Å². The quantitative estimate of drug-likeness (QED) is 0.889. The van der Waals surface area contributed by atoms with Gasteiger partial charge in [0, 0.05) is 18.3 Å². The van der Waals surface area contributed by atoms with Gasteiger partial charge in [-0.25, -0.2) is 0 Å². The van der Waals surface area contributed by atoms with Crippen LogP contribution in [0.2, 0.25) is 0 Å². The Balaban J connectivity index is 2.24. The number of methoxy groups -OCH3 is 2. The lowest BCUT2D eigenvalue weighted by Crippen LogP contribution is -2.14. The molecule has 2 amide bonds. The Hall–Kier alpha value is -3.02. The molecule has 0 aliphatic rings. The van der Waals surface area contributed by atoms with Crippen LogP contribution in [-0.2, 0) is 4.79 Å². The number of ether oxygens (including phenoxy) is 2. The molecule has 2 rings (SSSR count). The minimum absolute atomic E-state index is 0.178. The van der Waals surface area contributed by atoms with Crippen molar-refractivity contribution in [2.24, 2.45) is 0 Å². The van der Waals surface area contributed by atoms with Crippen LogP contribution < -0.4 is 20.1 Å². The highest BCUT2D eigenvalue weighted by Gasteiger charge is 2.16. The Morgan fingerprint density at radius 2 is 1.57 bits per heavy atom. The van der Waals surface area contributed by atoms with Crippen LogP contribution in [0, 0.1) is 0 Å². The first-order valence-electron chi connectivity index (χ1n) is 6.95. The minimum atomic E-state index is -0.333. The average molecular weight is 314 g/mol. The van der Waals surface area contributed by atoms with Crippen molar-refractivity contribution in [3.8, 4) is 11.5 Å². The Morgan fingerprint density at radius 3 is 2.17 bits per heavy atom. The van der Waals surface area contributed by atoms with Crippen LogP contribution >= 0.6 is 0 Å². The normalized spacial score (nSPS) is 9.87. The first-order chi connectivity index (χ1) is 11.0. The zero-order chi connectivity index (χ0) is 16.8. The number of nitrogens with one attached hydrogen (secondary N) is 2. The number of amides is 2. The van der Waals surface area contributed by atoms with Crippen molar-refractivity contribution in [1.82, 2.24) is 0 Å². The van der Waals surface area contributed by atoms with Crippen LogP contribution in [0.15, 0.2) is 42.5 Å². The number of para-hydroxylation sites is 1. The van der Waals surface area contributed by atoms with E-state index in [1.807, 2.05) is 0 Å². The van der Waals surface area contributed by atoms with Gasteiger partial charge in [0.2, 0.25) is 5.91 Å². The molecule has 2 aromatic rings. The standard InChI is InChI=1S/C17H18N2O4/c1-11(20)18-12-6-4-7-13(10-12)19-17(21)14-8-5-9-15(22-2)16(14)23-3/h4-10H,1-3H3,(H,18,20)(H,19,21). The number of rotatable bonds is 5. The number of benzene rings is 2. The topological polar surface area (TPSA) is 76.7 Å². The van der Waals surface area contributed by atoms with Crippen LogP contribution in [0.1, 0.15) is 17.3 Å². The van der Waals surface area contributed by atoms with Gasteiger partial charge in [-0.2, -0.15) is 0 Å². The predicted molar refractivity (Wildman–Crippen MR) is 88.2 cm³/mol. The molecule has 2 aromatic carbocycles. The van der Waals surface area contributed by atoms with Gasteiger partial charge >= 0.3 is 0 Å². The summed E-state index contributed by atoms with van der Waals surface area (Å²) in [7, 11) is 2.99. The molecular formula is C17H18N2O4. The Bertz CT molecular complexity index is 728. The Labute approximate surface area is 134 Å². The lowest BCUT2D eigenvalue weighted by atomic mass is 10.1. The highest BCUT2D eigenvalue weighted by molar-refractivity contribution is 6.07. The Morgan fingerprint density at radius 1 is 0.913 bits per heavy atom. The highest BCUT2D eigenvalue weighted by Crippen LogP contribution is 2.31. The molecule has 0 aliphatic heterocycles. The second-order valence-corrected chi connectivity index (χ2v) is 4.76. The molecule has 0 bridgehead atoms.